The number of carbonyl (C=O) groups is 10. The van der Waals surface area contributed by atoms with E-state index in [4.69, 9.17) is 23.7 Å². The van der Waals surface area contributed by atoms with E-state index in [1.165, 1.54) is 121 Å². The molecule has 1 heterocycles. The second-order valence-electron chi connectivity index (χ2n) is 26.8. The van der Waals surface area contributed by atoms with Gasteiger partial charge in [0.15, 0.2) is 0 Å². The van der Waals surface area contributed by atoms with Crippen LogP contribution in [0.5, 0.6) is 0 Å². The first-order valence-electron chi connectivity index (χ1n) is 32.0. The molecule has 1 aliphatic rings. The van der Waals surface area contributed by atoms with Crippen LogP contribution in [0.3, 0.4) is 0 Å². The second kappa shape index (κ2) is 34.7. The largest absolute Gasteiger partial charge is 0.376 e. The smallest absolute Gasteiger partial charge is 0.257 e. The van der Waals surface area contributed by atoms with Crippen molar-refractivity contribution >= 4 is 116 Å². The summed E-state index contributed by atoms with van der Waals surface area (Å²) in [6.07, 6.45) is 7.62. The Morgan fingerprint density at radius 1 is 0.300 bits per heavy atom. The highest BCUT2D eigenvalue weighted by Gasteiger charge is 2.35. The maximum absolute atomic E-state index is 15.0. The maximum atomic E-state index is 15.0. The number of rotatable bonds is 30. The minimum absolute atomic E-state index is 0.0156. The molecule has 10 bridgehead atoms. The molecule has 0 radical (unpaired) electrons. The predicted octanol–water partition coefficient (Wildman–Crippen LogP) is 12.1. The molecule has 530 valence electrons. The van der Waals surface area contributed by atoms with Gasteiger partial charge in [0.1, 0.15) is 0 Å². The average Bonchev–Trinajstić information content (AvgIpc) is 0.830. The van der Waals surface area contributed by atoms with Gasteiger partial charge in [0, 0.05) is 28.4 Å². The van der Waals surface area contributed by atoms with Gasteiger partial charge in [0.25, 0.3) is 29.5 Å². The Labute approximate surface area is 582 Å². The van der Waals surface area contributed by atoms with Gasteiger partial charge in [-0.25, -0.2) is 0 Å². The van der Waals surface area contributed by atoms with E-state index in [0.717, 1.165) is 0 Å². The van der Waals surface area contributed by atoms with E-state index in [-0.39, 0.29) is 151 Å². The Hall–Kier alpha value is -10.7. The van der Waals surface area contributed by atoms with Crippen LogP contribution < -0.4 is 53.2 Å². The summed E-state index contributed by atoms with van der Waals surface area (Å²) in [5, 5.41) is 28.0. The van der Waals surface area contributed by atoms with E-state index < -0.39 is 86.1 Å². The third-order valence-corrected chi connectivity index (χ3v) is 15.4. The second-order valence-corrected chi connectivity index (χ2v) is 26.8. The van der Waals surface area contributed by atoms with E-state index in [9.17, 15) is 24.0 Å². The molecule has 0 atom stereocenters. The summed E-state index contributed by atoms with van der Waals surface area (Å²) in [5.41, 5.74) is -7.28. The summed E-state index contributed by atoms with van der Waals surface area (Å²) >= 11 is 0. The third kappa shape index (κ3) is 21.4. The number of ether oxygens (including phenoxy) is 5. The van der Waals surface area contributed by atoms with Gasteiger partial charge in [0.05, 0.1) is 149 Å². The molecule has 25 nitrogen and oxygen atoms in total. The first-order chi connectivity index (χ1) is 47.2. The van der Waals surface area contributed by atoms with Gasteiger partial charge >= 0.3 is 0 Å². The van der Waals surface area contributed by atoms with Crippen molar-refractivity contribution in [2.75, 3.05) is 119 Å². The fraction of sp³-hybridized carbons (Fsp3) is 0.333. The van der Waals surface area contributed by atoms with Crippen molar-refractivity contribution in [2.24, 2.45) is 27.1 Å². The SMILES string of the molecule is C=CCOCC(C)(C)C(=O)Nc1ccc2cc1C(=O)Nc1ccc(NC(=O)C(C)(C)COCC=C)c(c1)C(=O)Nc1ccc(NC(=O)C(C)(C)COCC=C)c(c1)C(=O)Nc1ccc(NC(=O)C(C)(C)COCC=C)c(c1)C(=O)Nc1ccc(NC(=O)C(C)(C)COCC=C)c(c1)C(=O)N2. The Morgan fingerprint density at radius 2 is 0.450 bits per heavy atom. The number of carbonyl (C=O) groups excluding carboxylic acids is 10. The minimum Gasteiger partial charge on any atom is -0.376 e. The van der Waals surface area contributed by atoms with E-state index in [1.807, 2.05) is 0 Å². The zero-order valence-electron chi connectivity index (χ0n) is 58.3. The van der Waals surface area contributed by atoms with Gasteiger partial charge in [-0.05, 0) is 160 Å². The summed E-state index contributed by atoms with van der Waals surface area (Å²) in [6.45, 7) is 35.1. The zero-order chi connectivity index (χ0) is 73.8. The van der Waals surface area contributed by atoms with Gasteiger partial charge in [-0.2, -0.15) is 0 Å². The van der Waals surface area contributed by atoms with Gasteiger partial charge in [-0.3, -0.25) is 47.9 Å². The number of fused-ring (bicyclic) bond motifs is 10. The third-order valence-electron chi connectivity index (χ3n) is 15.4. The lowest BCUT2D eigenvalue weighted by atomic mass is 9.93. The van der Waals surface area contributed by atoms with Crippen molar-refractivity contribution in [3.05, 3.63) is 182 Å². The van der Waals surface area contributed by atoms with Crippen molar-refractivity contribution in [1.82, 2.24) is 0 Å². The predicted molar refractivity (Wildman–Crippen MR) is 389 cm³/mol. The molecule has 0 saturated carbocycles. The van der Waals surface area contributed by atoms with Crippen molar-refractivity contribution in [1.29, 1.82) is 0 Å². The minimum atomic E-state index is -1.18. The molecule has 5 aromatic carbocycles. The molecule has 6 rings (SSSR count). The van der Waals surface area contributed by atoms with E-state index in [0.29, 0.717) is 0 Å². The molecule has 0 aliphatic carbocycles. The standard InChI is InChI=1S/C75H90N10O15/c1-16-31-96-41-71(6,7)66(91)81-56-26-21-46-36-51(56)61(86)76-47-22-27-57(82-67(92)72(8,9)42-97-32-17-2)52(37-47)63(88)78-49-24-29-59(84-69(94)74(12,13)44-99-34-19-4)54(39-49)65(90)80-50-25-30-60(85-70(95)75(14,15)45-100-35-20-5)55(40-50)64(89)79-48-23-28-58(53(38-48)62(87)77-46)83-68(93)73(10,11)43-98-33-18-3/h16-30,36-40H,1-5,31-35,41-45H2,6-15H3,(H,76,86)(H,77,87)(H,78,88)(H,79,89)(H,80,90)(H,81,91)(H,82,92)(H,83,93)(H,84,94)(H,85,95). The lowest BCUT2D eigenvalue weighted by Crippen LogP contribution is -2.35. The van der Waals surface area contributed by atoms with E-state index in [1.54, 1.807) is 69.2 Å². The molecule has 0 fully saturated rings. The van der Waals surface area contributed by atoms with Crippen molar-refractivity contribution < 1.29 is 71.6 Å². The first kappa shape index (κ1) is 78.3. The van der Waals surface area contributed by atoms with Crippen molar-refractivity contribution in [2.45, 2.75) is 69.2 Å². The van der Waals surface area contributed by atoms with Crippen LogP contribution in [0, 0.1) is 27.1 Å². The molecular weight excluding hydrogens is 1280 g/mol. The molecule has 25 heteroatoms. The maximum Gasteiger partial charge on any atom is 0.257 e. The fourth-order valence-corrected chi connectivity index (χ4v) is 9.36. The highest BCUT2D eigenvalue weighted by molar-refractivity contribution is 6.18. The van der Waals surface area contributed by atoms with Gasteiger partial charge in [-0.15, -0.1) is 32.9 Å². The molecule has 0 spiro atoms. The number of amides is 10. The highest BCUT2D eigenvalue weighted by atomic mass is 16.5. The summed E-state index contributed by atoms with van der Waals surface area (Å²) < 4.78 is 28.2. The molecule has 1 aliphatic heterocycles. The van der Waals surface area contributed by atoms with Crippen LogP contribution in [0.25, 0.3) is 0 Å². The van der Waals surface area contributed by atoms with Crippen LogP contribution in [0.15, 0.2) is 154 Å². The molecule has 10 amide bonds. The lowest BCUT2D eigenvalue weighted by molar-refractivity contribution is -0.127. The van der Waals surface area contributed by atoms with Gasteiger partial charge in [0.2, 0.25) is 29.5 Å². The summed E-state index contributed by atoms with van der Waals surface area (Å²) in [6, 6.07) is 20.3. The summed E-state index contributed by atoms with van der Waals surface area (Å²) in [4.78, 5) is 146. The topological polar surface area (TPSA) is 337 Å². The molecular formula is C75H90N10O15. The number of nitrogens with one attached hydrogen (secondary N) is 10. The van der Waals surface area contributed by atoms with Crippen LogP contribution in [0.4, 0.5) is 56.9 Å². The van der Waals surface area contributed by atoms with Gasteiger partial charge < -0.3 is 76.9 Å². The Bertz CT molecular complexity index is 3410. The van der Waals surface area contributed by atoms with Crippen LogP contribution in [-0.4, -0.2) is 125 Å². The molecule has 5 aromatic rings. The molecule has 0 unspecified atom stereocenters. The molecule has 10 N–H and O–H groups in total. The lowest BCUT2D eigenvalue weighted by Gasteiger charge is -2.25. The average molecular weight is 1370 g/mol. The zero-order valence-corrected chi connectivity index (χ0v) is 58.3. The van der Waals surface area contributed by atoms with Crippen molar-refractivity contribution in [3.63, 3.8) is 0 Å². The number of hydrogen-bond acceptors (Lipinski definition) is 15. The Balaban J connectivity index is 1.62. The monoisotopic (exact) mass is 1370 g/mol. The van der Waals surface area contributed by atoms with E-state index >= 15 is 24.0 Å². The summed E-state index contributed by atoms with van der Waals surface area (Å²) in [7, 11) is 0. The Kier molecular flexibility index (Phi) is 27.2. The normalized spacial score (nSPS) is 13.0. The number of hydrogen-bond donors (Lipinski definition) is 10. The highest BCUT2D eigenvalue weighted by Crippen LogP contribution is 2.34. The van der Waals surface area contributed by atoms with Crippen LogP contribution in [-0.2, 0) is 47.7 Å². The number of benzene rings is 5. The molecule has 0 saturated heterocycles. The first-order valence-corrected chi connectivity index (χ1v) is 32.0. The Morgan fingerprint density at radius 3 is 0.590 bits per heavy atom. The summed E-state index contributed by atoms with van der Waals surface area (Å²) in [5.74, 6) is -7.26. The van der Waals surface area contributed by atoms with Crippen LogP contribution >= 0.6 is 0 Å². The number of anilines is 10. The van der Waals surface area contributed by atoms with E-state index in [2.05, 4.69) is 86.1 Å². The van der Waals surface area contributed by atoms with Crippen LogP contribution in [0.2, 0.25) is 0 Å². The fourth-order valence-electron chi connectivity index (χ4n) is 9.36. The molecule has 0 aromatic heterocycles. The quantitative estimate of drug-likeness (QED) is 0.0151. The van der Waals surface area contributed by atoms with Gasteiger partial charge in [-0.1, -0.05) is 30.4 Å². The molecule has 100 heavy (non-hydrogen) atoms. The van der Waals surface area contributed by atoms with Crippen LogP contribution in [0.1, 0.15) is 121 Å². The van der Waals surface area contributed by atoms with Crippen molar-refractivity contribution in [3.8, 4) is 0 Å².